The fraction of sp³-hybridized carbons (Fsp3) is 0.588. The quantitative estimate of drug-likeness (QED) is 0.746. The van der Waals surface area contributed by atoms with Gasteiger partial charge in [-0.25, -0.2) is 0 Å². The third-order valence-corrected chi connectivity index (χ3v) is 4.35. The molecule has 1 heterocycles. The maximum absolute atomic E-state index is 12.1. The highest BCUT2D eigenvalue weighted by atomic mass is 16.5. The summed E-state index contributed by atoms with van der Waals surface area (Å²) >= 11 is 0. The molecule has 3 nitrogen and oxygen atoms in total. The van der Waals surface area contributed by atoms with Crippen LogP contribution in [0.2, 0.25) is 0 Å². The zero-order chi connectivity index (χ0) is 14.4. The van der Waals surface area contributed by atoms with Gasteiger partial charge in [0.25, 0.3) is 0 Å². The van der Waals surface area contributed by atoms with E-state index in [1.807, 2.05) is 13.0 Å². The zero-order valence-electron chi connectivity index (χ0n) is 12.6. The van der Waals surface area contributed by atoms with Gasteiger partial charge in [0.15, 0.2) is 0 Å². The molecular formula is C17H25NO2. The summed E-state index contributed by atoms with van der Waals surface area (Å²) in [5.41, 5.74) is 1.03. The Balaban J connectivity index is 2.32. The van der Waals surface area contributed by atoms with Crippen LogP contribution < -0.4 is 0 Å². The van der Waals surface area contributed by atoms with E-state index in [9.17, 15) is 4.79 Å². The summed E-state index contributed by atoms with van der Waals surface area (Å²) in [4.78, 5) is 14.6. The van der Waals surface area contributed by atoms with E-state index in [0.717, 1.165) is 19.5 Å². The van der Waals surface area contributed by atoms with E-state index in [0.29, 0.717) is 13.0 Å². The van der Waals surface area contributed by atoms with Gasteiger partial charge in [-0.15, -0.1) is 0 Å². The Bertz CT molecular complexity index is 426. The van der Waals surface area contributed by atoms with Crippen molar-refractivity contribution < 1.29 is 9.53 Å². The maximum atomic E-state index is 12.1. The van der Waals surface area contributed by atoms with Crippen molar-refractivity contribution in [2.75, 3.05) is 19.7 Å². The smallest absolute Gasteiger partial charge is 0.308 e. The highest BCUT2D eigenvalue weighted by Gasteiger charge is 2.40. The molecule has 0 aromatic heterocycles. The molecule has 1 aromatic carbocycles. The van der Waals surface area contributed by atoms with Gasteiger partial charge in [0.05, 0.1) is 18.6 Å². The molecule has 0 aliphatic carbocycles. The van der Waals surface area contributed by atoms with Gasteiger partial charge >= 0.3 is 5.97 Å². The molecular weight excluding hydrogens is 250 g/mol. The molecule has 3 heteroatoms. The van der Waals surface area contributed by atoms with Crippen molar-refractivity contribution in [3.8, 4) is 0 Å². The molecule has 0 amide bonds. The van der Waals surface area contributed by atoms with E-state index in [2.05, 4.69) is 36.1 Å². The molecule has 0 saturated carbocycles. The fourth-order valence-corrected chi connectivity index (χ4v) is 3.29. The summed E-state index contributed by atoms with van der Waals surface area (Å²) in [6.45, 7) is 6.63. The van der Waals surface area contributed by atoms with E-state index in [4.69, 9.17) is 4.74 Å². The Morgan fingerprint density at radius 2 is 1.85 bits per heavy atom. The summed E-state index contributed by atoms with van der Waals surface area (Å²) in [5.74, 6) is -0.0925. The highest BCUT2D eigenvalue weighted by Crippen LogP contribution is 2.38. The van der Waals surface area contributed by atoms with E-state index in [1.165, 1.54) is 18.4 Å². The van der Waals surface area contributed by atoms with Crippen molar-refractivity contribution >= 4 is 5.97 Å². The second kappa shape index (κ2) is 6.89. The SMILES string of the molecule is CCOC(=O)CC(CC)(c1ccccc1)N1CCCC1. The first-order valence-corrected chi connectivity index (χ1v) is 7.69. The standard InChI is InChI=1S/C17H25NO2/c1-3-17(14-16(19)20-4-2,18-12-8-9-13-18)15-10-6-5-7-11-15/h5-7,10-11H,3-4,8-9,12-14H2,1-2H3. The van der Waals surface area contributed by atoms with Crippen LogP contribution in [0.5, 0.6) is 0 Å². The molecule has 0 bridgehead atoms. The predicted molar refractivity (Wildman–Crippen MR) is 80.5 cm³/mol. The van der Waals surface area contributed by atoms with Crippen LogP contribution in [0, 0.1) is 0 Å². The minimum absolute atomic E-state index is 0.0925. The van der Waals surface area contributed by atoms with Gasteiger partial charge in [-0.3, -0.25) is 9.69 Å². The third-order valence-electron chi connectivity index (χ3n) is 4.35. The number of hydrogen-bond donors (Lipinski definition) is 0. The summed E-state index contributed by atoms with van der Waals surface area (Å²) < 4.78 is 5.21. The molecule has 0 radical (unpaired) electrons. The fourth-order valence-electron chi connectivity index (χ4n) is 3.29. The van der Waals surface area contributed by atoms with Crippen molar-refractivity contribution in [2.45, 2.75) is 45.1 Å². The van der Waals surface area contributed by atoms with Crippen molar-refractivity contribution in [3.63, 3.8) is 0 Å². The summed E-state index contributed by atoms with van der Waals surface area (Å²) in [7, 11) is 0. The topological polar surface area (TPSA) is 29.5 Å². The van der Waals surface area contributed by atoms with Gasteiger partial charge < -0.3 is 4.74 Å². The third kappa shape index (κ3) is 3.04. The predicted octanol–water partition coefficient (Wildman–Crippen LogP) is 3.34. The van der Waals surface area contributed by atoms with Gasteiger partial charge in [-0.05, 0) is 44.8 Å². The van der Waals surface area contributed by atoms with Crippen LogP contribution in [0.25, 0.3) is 0 Å². The lowest BCUT2D eigenvalue weighted by molar-refractivity contribution is -0.147. The molecule has 110 valence electrons. The molecule has 0 N–H and O–H groups in total. The second-order valence-corrected chi connectivity index (χ2v) is 5.43. The molecule has 20 heavy (non-hydrogen) atoms. The van der Waals surface area contributed by atoms with Crippen molar-refractivity contribution in [1.82, 2.24) is 4.90 Å². The average Bonchev–Trinajstić information content (AvgIpc) is 3.01. The number of esters is 1. The van der Waals surface area contributed by atoms with Gasteiger partial charge in [-0.1, -0.05) is 37.3 Å². The normalized spacial score (nSPS) is 18.7. The average molecular weight is 275 g/mol. The number of hydrogen-bond acceptors (Lipinski definition) is 3. The lowest BCUT2D eigenvalue weighted by Gasteiger charge is -2.41. The summed E-state index contributed by atoms with van der Waals surface area (Å²) in [5, 5.41) is 0. The van der Waals surface area contributed by atoms with Gasteiger partial charge in [0, 0.05) is 0 Å². The zero-order valence-corrected chi connectivity index (χ0v) is 12.6. The molecule has 1 atom stereocenters. The highest BCUT2D eigenvalue weighted by molar-refractivity contribution is 5.71. The first-order chi connectivity index (χ1) is 9.73. The van der Waals surface area contributed by atoms with Gasteiger partial charge in [-0.2, -0.15) is 0 Å². The van der Waals surface area contributed by atoms with Crippen molar-refractivity contribution in [1.29, 1.82) is 0 Å². The largest absolute Gasteiger partial charge is 0.466 e. The number of rotatable bonds is 6. The Hall–Kier alpha value is -1.35. The monoisotopic (exact) mass is 275 g/mol. The molecule has 2 rings (SSSR count). The number of nitrogens with zero attached hydrogens (tertiary/aromatic N) is 1. The van der Waals surface area contributed by atoms with E-state index < -0.39 is 0 Å². The van der Waals surface area contributed by atoms with Crippen LogP contribution in [0.3, 0.4) is 0 Å². The summed E-state index contributed by atoms with van der Waals surface area (Å²) in [6.07, 6.45) is 3.81. The number of benzene rings is 1. The van der Waals surface area contributed by atoms with Crippen molar-refractivity contribution in [2.24, 2.45) is 0 Å². The lowest BCUT2D eigenvalue weighted by atomic mass is 9.82. The minimum atomic E-state index is -0.204. The van der Waals surface area contributed by atoms with Crippen LogP contribution in [0.15, 0.2) is 30.3 Å². The Kier molecular flexibility index (Phi) is 5.18. The molecule has 1 unspecified atom stereocenters. The van der Waals surface area contributed by atoms with Gasteiger partial charge in [0.1, 0.15) is 0 Å². The van der Waals surface area contributed by atoms with E-state index in [-0.39, 0.29) is 11.5 Å². The number of likely N-dealkylation sites (tertiary alicyclic amines) is 1. The molecule has 1 aliphatic rings. The molecule has 1 saturated heterocycles. The van der Waals surface area contributed by atoms with Crippen molar-refractivity contribution in [3.05, 3.63) is 35.9 Å². The van der Waals surface area contributed by atoms with Crippen LogP contribution in [-0.4, -0.2) is 30.6 Å². The van der Waals surface area contributed by atoms with Crippen LogP contribution in [0.4, 0.5) is 0 Å². The van der Waals surface area contributed by atoms with E-state index >= 15 is 0 Å². The first-order valence-electron chi connectivity index (χ1n) is 7.69. The molecule has 0 spiro atoms. The number of ether oxygens (including phenoxy) is 1. The van der Waals surface area contributed by atoms with Crippen LogP contribution >= 0.6 is 0 Å². The number of carbonyl (C=O) groups excluding carboxylic acids is 1. The molecule has 1 aliphatic heterocycles. The van der Waals surface area contributed by atoms with Gasteiger partial charge in [0.2, 0.25) is 0 Å². The Morgan fingerprint density at radius 1 is 1.20 bits per heavy atom. The van der Waals surface area contributed by atoms with E-state index in [1.54, 1.807) is 0 Å². The second-order valence-electron chi connectivity index (χ2n) is 5.43. The summed E-state index contributed by atoms with van der Waals surface area (Å²) in [6, 6.07) is 10.4. The van der Waals surface area contributed by atoms with Crippen LogP contribution in [0.1, 0.15) is 45.1 Å². The van der Waals surface area contributed by atoms with Crippen LogP contribution in [-0.2, 0) is 15.1 Å². The minimum Gasteiger partial charge on any atom is -0.466 e. The Labute approximate surface area is 121 Å². The Morgan fingerprint density at radius 3 is 2.40 bits per heavy atom. The lowest BCUT2D eigenvalue weighted by Crippen LogP contribution is -2.46. The number of carbonyl (C=O) groups is 1. The molecule has 1 aromatic rings. The maximum Gasteiger partial charge on any atom is 0.308 e. The first kappa shape index (κ1) is 15.0. The molecule has 1 fully saturated rings.